The Labute approximate surface area is 199 Å². The van der Waals surface area contributed by atoms with Crippen LogP contribution >= 0.6 is 35.3 Å². The first-order valence-electron chi connectivity index (χ1n) is 10.0. The van der Waals surface area contributed by atoms with Crippen molar-refractivity contribution in [1.29, 1.82) is 0 Å². The summed E-state index contributed by atoms with van der Waals surface area (Å²) in [7, 11) is 0. The van der Waals surface area contributed by atoms with Crippen LogP contribution in [0.1, 0.15) is 11.9 Å². The molecule has 2 aromatic heterocycles. The van der Waals surface area contributed by atoms with Crippen molar-refractivity contribution < 1.29 is 0 Å². The zero-order chi connectivity index (χ0) is 19.9. The highest BCUT2D eigenvalue weighted by Gasteiger charge is 2.20. The van der Waals surface area contributed by atoms with Gasteiger partial charge in [0.2, 0.25) is 0 Å². The molecule has 3 aromatic rings. The van der Waals surface area contributed by atoms with Gasteiger partial charge < -0.3 is 15.1 Å². The molecule has 0 saturated carbocycles. The molecule has 1 N–H and O–H groups in total. The topological polar surface area (TPSA) is 56.7 Å². The largest absolute Gasteiger partial charge is 0.357 e. The summed E-state index contributed by atoms with van der Waals surface area (Å²) in [5, 5.41) is 6.58. The van der Waals surface area contributed by atoms with E-state index in [0.29, 0.717) is 6.54 Å². The zero-order valence-electron chi connectivity index (χ0n) is 17.1. The Hall–Kier alpha value is -2.20. The Bertz CT molecular complexity index is 923. The van der Waals surface area contributed by atoms with Crippen LogP contribution in [-0.4, -0.2) is 53.6 Å². The van der Waals surface area contributed by atoms with E-state index in [-0.39, 0.29) is 24.0 Å². The van der Waals surface area contributed by atoms with E-state index in [1.165, 1.54) is 0 Å². The summed E-state index contributed by atoms with van der Waals surface area (Å²) in [6.07, 6.45) is 1.85. The number of aliphatic imine (C=N–C) groups is 1. The maximum Gasteiger partial charge on any atom is 0.194 e. The summed E-state index contributed by atoms with van der Waals surface area (Å²) >= 11 is 1.67. The highest BCUT2D eigenvalue weighted by atomic mass is 127. The molecule has 0 unspecified atom stereocenters. The second-order valence-electron chi connectivity index (χ2n) is 6.82. The van der Waals surface area contributed by atoms with Gasteiger partial charge in [-0.3, -0.25) is 0 Å². The van der Waals surface area contributed by atoms with Crippen molar-refractivity contribution in [2.75, 3.05) is 37.6 Å². The number of nitrogens with zero attached hydrogens (tertiary/aromatic N) is 5. The first kappa shape index (κ1) is 22.5. The quantitative estimate of drug-likeness (QED) is 0.304. The van der Waals surface area contributed by atoms with Crippen LogP contribution in [0.4, 0.5) is 5.82 Å². The van der Waals surface area contributed by atoms with Gasteiger partial charge in [-0.15, -0.1) is 35.3 Å². The highest BCUT2D eigenvalue weighted by molar-refractivity contribution is 14.0. The fraction of sp³-hybridized carbons (Fsp3) is 0.318. The Morgan fingerprint density at radius 3 is 2.53 bits per heavy atom. The molecule has 1 aromatic carbocycles. The number of aromatic nitrogens is 2. The third-order valence-electron chi connectivity index (χ3n) is 4.87. The molecule has 0 radical (unpaired) electrons. The van der Waals surface area contributed by atoms with Crippen LogP contribution in [0.3, 0.4) is 0 Å². The van der Waals surface area contributed by atoms with Gasteiger partial charge in [0, 0.05) is 49.9 Å². The normalized spacial score (nSPS) is 14.4. The number of benzene rings is 1. The maximum atomic E-state index is 4.86. The number of pyridine rings is 1. The molecule has 3 heterocycles. The molecule has 30 heavy (non-hydrogen) atoms. The Kier molecular flexibility index (Phi) is 8.44. The molecule has 0 atom stereocenters. The molecule has 0 amide bonds. The van der Waals surface area contributed by atoms with Gasteiger partial charge >= 0.3 is 0 Å². The van der Waals surface area contributed by atoms with Crippen LogP contribution < -0.4 is 10.2 Å². The third-order valence-corrected chi connectivity index (χ3v) is 5.71. The van der Waals surface area contributed by atoms with E-state index in [9.17, 15) is 0 Å². The molecule has 8 heteroatoms. The Morgan fingerprint density at radius 2 is 1.83 bits per heavy atom. The zero-order valence-corrected chi connectivity index (χ0v) is 20.2. The fourth-order valence-corrected chi connectivity index (χ4v) is 4.11. The van der Waals surface area contributed by atoms with E-state index in [1.54, 1.807) is 11.3 Å². The van der Waals surface area contributed by atoms with Crippen molar-refractivity contribution in [2.24, 2.45) is 4.99 Å². The highest BCUT2D eigenvalue weighted by Crippen LogP contribution is 2.22. The molecular formula is C22H27IN6S. The first-order valence-corrected chi connectivity index (χ1v) is 10.9. The van der Waals surface area contributed by atoms with Crippen molar-refractivity contribution in [1.82, 2.24) is 20.2 Å². The minimum Gasteiger partial charge on any atom is -0.357 e. The number of thiazole rings is 1. The second-order valence-corrected chi connectivity index (χ2v) is 7.77. The van der Waals surface area contributed by atoms with Gasteiger partial charge in [0.25, 0.3) is 0 Å². The standard InChI is InChI=1S/C22H26N6S.HI/c1-2-23-22(28-14-12-27(13-15-28)20-10-6-7-11-24-20)25-16-21-26-19(17-29-21)18-8-4-3-5-9-18;/h3-11,17H,2,12-16H2,1H3,(H,23,25);1H. The predicted octanol–water partition coefficient (Wildman–Crippen LogP) is 4.11. The average molecular weight is 534 g/mol. The van der Waals surface area contributed by atoms with Crippen LogP contribution in [0.5, 0.6) is 0 Å². The lowest BCUT2D eigenvalue weighted by Crippen LogP contribution is -2.52. The molecule has 1 fully saturated rings. The van der Waals surface area contributed by atoms with E-state index in [0.717, 1.165) is 60.8 Å². The van der Waals surface area contributed by atoms with Gasteiger partial charge in [-0.1, -0.05) is 36.4 Å². The monoisotopic (exact) mass is 534 g/mol. The summed E-state index contributed by atoms with van der Waals surface area (Å²) in [4.78, 5) is 18.7. The molecule has 4 rings (SSSR count). The summed E-state index contributed by atoms with van der Waals surface area (Å²) in [5.74, 6) is 2.01. The van der Waals surface area contributed by atoms with Gasteiger partial charge in [-0.25, -0.2) is 15.0 Å². The predicted molar refractivity (Wildman–Crippen MR) is 136 cm³/mol. The molecule has 1 saturated heterocycles. The average Bonchev–Trinajstić information content (AvgIpc) is 3.27. The number of hydrogen-bond donors (Lipinski definition) is 1. The number of hydrogen-bond acceptors (Lipinski definition) is 5. The summed E-state index contributed by atoms with van der Waals surface area (Å²) in [5.41, 5.74) is 2.17. The van der Waals surface area contributed by atoms with Crippen molar-refractivity contribution in [3.63, 3.8) is 0 Å². The minimum absolute atomic E-state index is 0. The molecule has 0 bridgehead atoms. The number of anilines is 1. The van der Waals surface area contributed by atoms with E-state index in [2.05, 4.69) is 50.6 Å². The fourth-order valence-electron chi connectivity index (χ4n) is 3.38. The maximum absolute atomic E-state index is 4.86. The van der Waals surface area contributed by atoms with Gasteiger partial charge in [0.15, 0.2) is 5.96 Å². The molecule has 0 aliphatic carbocycles. The van der Waals surface area contributed by atoms with E-state index in [1.807, 2.05) is 36.5 Å². The molecule has 0 spiro atoms. The minimum atomic E-state index is 0. The van der Waals surface area contributed by atoms with Crippen LogP contribution in [0.15, 0.2) is 65.1 Å². The number of halogens is 1. The SMILES string of the molecule is CCNC(=NCc1nc(-c2ccccc2)cs1)N1CCN(c2ccccn2)CC1.I. The smallest absolute Gasteiger partial charge is 0.194 e. The first-order chi connectivity index (χ1) is 14.3. The van der Waals surface area contributed by atoms with Crippen molar-refractivity contribution in [2.45, 2.75) is 13.5 Å². The summed E-state index contributed by atoms with van der Waals surface area (Å²) < 4.78 is 0. The lowest BCUT2D eigenvalue weighted by Gasteiger charge is -2.37. The summed E-state index contributed by atoms with van der Waals surface area (Å²) in [6, 6.07) is 16.4. The summed E-state index contributed by atoms with van der Waals surface area (Å²) in [6.45, 7) is 7.29. The third kappa shape index (κ3) is 5.69. The molecule has 6 nitrogen and oxygen atoms in total. The Balaban J connectivity index is 0.00000256. The number of piperazine rings is 1. The molecule has 1 aliphatic heterocycles. The van der Waals surface area contributed by atoms with Gasteiger partial charge in [0.1, 0.15) is 10.8 Å². The van der Waals surface area contributed by atoms with Crippen molar-refractivity contribution >= 4 is 47.1 Å². The lowest BCUT2D eigenvalue weighted by molar-refractivity contribution is 0.371. The van der Waals surface area contributed by atoms with Crippen molar-refractivity contribution in [3.8, 4) is 11.3 Å². The van der Waals surface area contributed by atoms with Gasteiger partial charge in [-0.2, -0.15) is 0 Å². The van der Waals surface area contributed by atoms with Crippen LogP contribution in [0.25, 0.3) is 11.3 Å². The van der Waals surface area contributed by atoms with E-state index in [4.69, 9.17) is 9.98 Å². The number of rotatable bonds is 5. The van der Waals surface area contributed by atoms with Crippen LogP contribution in [-0.2, 0) is 6.54 Å². The lowest BCUT2D eigenvalue weighted by atomic mass is 10.2. The van der Waals surface area contributed by atoms with Crippen molar-refractivity contribution in [3.05, 3.63) is 65.1 Å². The Morgan fingerprint density at radius 1 is 1.07 bits per heavy atom. The number of nitrogens with one attached hydrogen (secondary N) is 1. The van der Waals surface area contributed by atoms with E-state index < -0.39 is 0 Å². The molecule has 1 aliphatic rings. The van der Waals surface area contributed by atoms with Crippen LogP contribution in [0.2, 0.25) is 0 Å². The molecular weight excluding hydrogens is 507 g/mol. The molecule has 158 valence electrons. The van der Waals surface area contributed by atoms with Gasteiger partial charge in [-0.05, 0) is 19.1 Å². The number of guanidine groups is 1. The van der Waals surface area contributed by atoms with E-state index >= 15 is 0 Å². The van der Waals surface area contributed by atoms with Gasteiger partial charge in [0.05, 0.1) is 12.2 Å². The van der Waals surface area contributed by atoms with Crippen LogP contribution in [0, 0.1) is 0 Å². The second kappa shape index (κ2) is 11.3.